The summed E-state index contributed by atoms with van der Waals surface area (Å²) in [6.45, 7) is 4.30. The summed E-state index contributed by atoms with van der Waals surface area (Å²) in [7, 11) is 1.00. The Morgan fingerprint density at radius 1 is 1.24 bits per heavy atom. The number of amides is 1. The van der Waals surface area contributed by atoms with Crippen LogP contribution in [0.4, 0.5) is 5.13 Å². The molecule has 3 aromatic rings. The van der Waals surface area contributed by atoms with E-state index in [1.165, 1.54) is 52.3 Å². The molecule has 0 radical (unpaired) electrons. The minimum absolute atomic E-state index is 0.293. The second-order valence-corrected chi connectivity index (χ2v) is 9.72. The van der Waals surface area contributed by atoms with Crippen molar-refractivity contribution in [3.63, 3.8) is 0 Å². The van der Waals surface area contributed by atoms with Crippen molar-refractivity contribution in [2.24, 2.45) is 0 Å². The Bertz CT molecular complexity index is 1160. The zero-order valence-corrected chi connectivity index (χ0v) is 20.9. The summed E-state index contributed by atoms with van der Waals surface area (Å²) >= 11 is 4.22. The van der Waals surface area contributed by atoms with Gasteiger partial charge in [0.15, 0.2) is 10.3 Å². The molecule has 0 spiro atoms. The number of anilines is 1. The minimum atomic E-state index is -0.293. The molecule has 33 heavy (non-hydrogen) atoms. The summed E-state index contributed by atoms with van der Waals surface area (Å²) in [4.78, 5) is 27.8. The molecule has 4 rings (SSSR count). The molecule has 0 bridgehead atoms. The molecule has 0 atom stereocenters. The fourth-order valence-electron chi connectivity index (χ4n) is 2.87. The molecule has 3 aromatic heterocycles. The summed E-state index contributed by atoms with van der Waals surface area (Å²) in [5, 5.41) is 20.1. The lowest BCUT2D eigenvalue weighted by molar-refractivity contribution is 0.101. The minimum Gasteiger partial charge on any atom is -0.400 e. The van der Waals surface area contributed by atoms with Crippen LogP contribution in [0.25, 0.3) is 0 Å². The van der Waals surface area contributed by atoms with Crippen LogP contribution < -0.4 is 5.32 Å². The number of nitrogens with one attached hydrogen (secondary N) is 2. The van der Waals surface area contributed by atoms with Crippen molar-refractivity contribution in [3.8, 4) is 0 Å². The van der Waals surface area contributed by atoms with Crippen LogP contribution in [0.2, 0.25) is 0 Å². The van der Waals surface area contributed by atoms with Crippen molar-refractivity contribution in [1.29, 1.82) is 0 Å². The van der Waals surface area contributed by atoms with E-state index in [2.05, 4.69) is 62.5 Å². The molecule has 3 heterocycles. The number of thiazole rings is 1. The number of aromatic amines is 1. The molecule has 0 aromatic carbocycles. The van der Waals surface area contributed by atoms with E-state index in [-0.39, 0.29) is 5.91 Å². The third-order valence-corrected chi connectivity index (χ3v) is 6.92. The number of carbonyl (C=O) groups excluding carboxylic acids is 1. The normalized spacial score (nSPS) is 13.2. The van der Waals surface area contributed by atoms with Gasteiger partial charge >= 0.3 is 0 Å². The van der Waals surface area contributed by atoms with E-state index in [9.17, 15) is 4.79 Å². The Hall–Kier alpha value is -2.73. The molecule has 11 heteroatoms. The van der Waals surface area contributed by atoms with Gasteiger partial charge in [-0.2, -0.15) is 5.10 Å². The first-order valence-electron chi connectivity index (χ1n) is 10.1. The van der Waals surface area contributed by atoms with Crippen LogP contribution in [-0.2, 0) is 0 Å². The van der Waals surface area contributed by atoms with Crippen LogP contribution >= 0.6 is 34.9 Å². The first-order chi connectivity index (χ1) is 16.1. The molecular weight excluding hydrogens is 476 g/mol. The van der Waals surface area contributed by atoms with E-state index in [1.807, 2.05) is 17.5 Å². The lowest BCUT2D eigenvalue weighted by atomic mass is 10.1. The number of hydrogen-bond acceptors (Lipinski definition) is 9. The molecule has 0 aliphatic heterocycles. The van der Waals surface area contributed by atoms with Gasteiger partial charge in [-0.1, -0.05) is 35.9 Å². The molecule has 1 amide bonds. The Balaban J connectivity index is 0.00000149. The number of hydrogen-bond donors (Lipinski definition) is 3. The van der Waals surface area contributed by atoms with Gasteiger partial charge in [-0.15, -0.1) is 11.3 Å². The number of pyridine rings is 1. The molecule has 0 saturated heterocycles. The van der Waals surface area contributed by atoms with E-state index >= 15 is 0 Å². The van der Waals surface area contributed by atoms with Gasteiger partial charge in [0.1, 0.15) is 17.0 Å². The fourth-order valence-corrected chi connectivity index (χ4v) is 5.05. The highest BCUT2D eigenvalue weighted by atomic mass is 32.2. The number of aliphatic hydroxyl groups excluding tert-OH is 1. The van der Waals surface area contributed by atoms with Gasteiger partial charge in [0, 0.05) is 28.5 Å². The third kappa shape index (κ3) is 7.13. The lowest BCUT2D eigenvalue weighted by Crippen LogP contribution is -2.15. The standard InChI is InChI=1S/C21H20N6OS3.CH4O/c1-3-14-10-13(2)4-5-15(11-14)30-16-6-7-17(31-21-23-12-24-27-21)25-18(16)19(28)26-20-22-8-9-29-20;1-2/h4-9,11-12H,3,10H2,1-2H3,(H,22,26,28)(H,23,24,27);2H,1H3. The van der Waals surface area contributed by atoms with Crippen LogP contribution in [0.1, 0.15) is 37.2 Å². The maximum atomic E-state index is 13.1. The molecule has 3 N–H and O–H groups in total. The molecule has 8 nitrogen and oxygen atoms in total. The van der Waals surface area contributed by atoms with Crippen molar-refractivity contribution in [3.05, 3.63) is 70.0 Å². The van der Waals surface area contributed by atoms with Crippen molar-refractivity contribution in [1.82, 2.24) is 25.1 Å². The second-order valence-electron chi connectivity index (χ2n) is 6.70. The smallest absolute Gasteiger partial charge is 0.277 e. The Labute approximate surface area is 204 Å². The van der Waals surface area contributed by atoms with Gasteiger partial charge in [-0.25, -0.2) is 15.0 Å². The van der Waals surface area contributed by atoms with Crippen molar-refractivity contribution in [2.45, 2.75) is 41.8 Å². The van der Waals surface area contributed by atoms with E-state index in [1.54, 1.807) is 6.20 Å². The van der Waals surface area contributed by atoms with Crippen molar-refractivity contribution < 1.29 is 9.90 Å². The van der Waals surface area contributed by atoms with Crippen LogP contribution in [0.15, 0.2) is 79.4 Å². The summed E-state index contributed by atoms with van der Waals surface area (Å²) < 4.78 is 0. The first kappa shape index (κ1) is 24.9. The zero-order valence-electron chi connectivity index (χ0n) is 18.4. The summed E-state index contributed by atoms with van der Waals surface area (Å²) in [5.74, 6) is -0.293. The van der Waals surface area contributed by atoms with Gasteiger partial charge in [0.25, 0.3) is 5.91 Å². The van der Waals surface area contributed by atoms with Crippen LogP contribution in [-0.4, -0.2) is 43.3 Å². The number of nitrogens with zero attached hydrogens (tertiary/aromatic N) is 4. The number of aromatic nitrogens is 5. The fraction of sp³-hybridized carbons (Fsp3) is 0.227. The number of thioether (sulfide) groups is 1. The molecule has 0 unspecified atom stereocenters. The van der Waals surface area contributed by atoms with Gasteiger partial charge < -0.3 is 5.11 Å². The van der Waals surface area contributed by atoms with E-state index in [0.717, 1.165) is 29.8 Å². The van der Waals surface area contributed by atoms with Crippen LogP contribution in [0.3, 0.4) is 0 Å². The summed E-state index contributed by atoms with van der Waals surface area (Å²) in [6, 6.07) is 3.81. The lowest BCUT2D eigenvalue weighted by Gasteiger charge is -2.10. The molecule has 0 fully saturated rings. The number of allylic oxidation sites excluding steroid dienone is 5. The summed E-state index contributed by atoms with van der Waals surface area (Å²) in [6.07, 6.45) is 11.5. The number of aliphatic hydroxyl groups is 1. The van der Waals surface area contributed by atoms with E-state index in [4.69, 9.17) is 5.11 Å². The largest absolute Gasteiger partial charge is 0.400 e. The molecule has 1 aliphatic carbocycles. The highest BCUT2D eigenvalue weighted by Crippen LogP contribution is 2.35. The van der Waals surface area contributed by atoms with E-state index < -0.39 is 0 Å². The highest BCUT2D eigenvalue weighted by molar-refractivity contribution is 8.03. The zero-order chi connectivity index (χ0) is 23.6. The summed E-state index contributed by atoms with van der Waals surface area (Å²) in [5.41, 5.74) is 3.04. The van der Waals surface area contributed by atoms with Crippen molar-refractivity contribution in [2.75, 3.05) is 12.4 Å². The van der Waals surface area contributed by atoms with Crippen molar-refractivity contribution >= 4 is 45.9 Å². The Morgan fingerprint density at radius 2 is 2.09 bits per heavy atom. The maximum absolute atomic E-state index is 13.1. The molecular formula is C22H24N6O2S3. The van der Waals surface area contributed by atoms with E-state index in [0.29, 0.717) is 21.0 Å². The second kappa shape index (κ2) is 12.5. The predicted octanol–water partition coefficient (Wildman–Crippen LogP) is 5.33. The first-order valence-corrected chi connectivity index (χ1v) is 12.6. The van der Waals surface area contributed by atoms with Gasteiger partial charge in [0.2, 0.25) is 0 Å². The average Bonchev–Trinajstić information content (AvgIpc) is 3.50. The highest BCUT2D eigenvalue weighted by Gasteiger charge is 2.18. The maximum Gasteiger partial charge on any atom is 0.277 e. The third-order valence-electron chi connectivity index (χ3n) is 4.36. The van der Waals surface area contributed by atoms with Crippen LogP contribution in [0.5, 0.6) is 0 Å². The monoisotopic (exact) mass is 500 g/mol. The average molecular weight is 501 g/mol. The number of carbonyl (C=O) groups is 1. The Kier molecular flexibility index (Phi) is 9.43. The topological polar surface area (TPSA) is 117 Å². The predicted molar refractivity (Wildman–Crippen MR) is 134 cm³/mol. The Morgan fingerprint density at radius 3 is 2.79 bits per heavy atom. The molecule has 1 aliphatic rings. The van der Waals surface area contributed by atoms with Gasteiger partial charge in [-0.3, -0.25) is 15.2 Å². The quantitative estimate of drug-likeness (QED) is 0.398. The van der Waals surface area contributed by atoms with Gasteiger partial charge in [0.05, 0.1) is 0 Å². The van der Waals surface area contributed by atoms with Gasteiger partial charge in [-0.05, 0) is 55.8 Å². The van der Waals surface area contributed by atoms with Crippen LogP contribution in [0, 0.1) is 0 Å². The number of rotatable bonds is 7. The molecule has 0 saturated carbocycles. The SMILES string of the molecule is CCC1=CC(Sc2ccc(Sc3ncn[nH]3)nc2C(=O)Nc2nccs2)=CC=C(C)C1.CO. The molecule has 172 valence electrons. The number of H-pyrrole nitrogens is 1.